The molecule has 4 rings (SSSR count). The van der Waals surface area contributed by atoms with Crippen LogP contribution in [0.4, 0.5) is 10.8 Å². The van der Waals surface area contributed by atoms with Crippen LogP contribution in [-0.2, 0) is 4.79 Å². The first-order valence-electron chi connectivity index (χ1n) is 9.97. The van der Waals surface area contributed by atoms with E-state index in [2.05, 4.69) is 34.5 Å². The van der Waals surface area contributed by atoms with E-state index in [9.17, 15) is 4.79 Å². The lowest BCUT2D eigenvalue weighted by Crippen LogP contribution is -2.28. The second-order valence-electron chi connectivity index (χ2n) is 7.41. The summed E-state index contributed by atoms with van der Waals surface area (Å²) in [6.07, 6.45) is 0.635. The lowest BCUT2D eigenvalue weighted by molar-refractivity contribution is -0.130. The Balaban J connectivity index is 1.58. The minimum Gasteiger partial charge on any atom is -0.497 e. The highest BCUT2D eigenvalue weighted by atomic mass is 32.2. The number of anilines is 2. The molecule has 0 spiro atoms. The molecule has 1 amide bonds. The van der Waals surface area contributed by atoms with E-state index in [1.165, 1.54) is 23.1 Å². The molecule has 0 bridgehead atoms. The van der Waals surface area contributed by atoms with E-state index in [1.54, 1.807) is 12.1 Å². The average molecular weight is 469 g/mol. The predicted octanol–water partition coefficient (Wildman–Crippen LogP) is 3.66. The Labute approximate surface area is 195 Å². The standard InChI is InChI=1S/C22H24N6O2S2/c1-27(2)16-8-4-15(5-9-16)19-12-18(14-6-10-17(30-3)11-7-14)26-28(19)20(29)13-31-22-25-24-21(23)32-22/h4-11,19H,12-13H2,1-3H3,(H2,23,24). The third-order valence-corrected chi connectivity index (χ3v) is 7.00. The predicted molar refractivity (Wildman–Crippen MR) is 130 cm³/mol. The van der Waals surface area contributed by atoms with Gasteiger partial charge in [-0.2, -0.15) is 5.10 Å². The van der Waals surface area contributed by atoms with Gasteiger partial charge in [-0.15, -0.1) is 10.2 Å². The van der Waals surface area contributed by atoms with Crippen molar-refractivity contribution < 1.29 is 9.53 Å². The third-order valence-electron chi connectivity index (χ3n) is 5.12. The number of carbonyl (C=O) groups is 1. The zero-order chi connectivity index (χ0) is 22.7. The van der Waals surface area contributed by atoms with Gasteiger partial charge in [0.2, 0.25) is 5.13 Å². The van der Waals surface area contributed by atoms with Crippen LogP contribution in [0.25, 0.3) is 0 Å². The van der Waals surface area contributed by atoms with Gasteiger partial charge in [0.25, 0.3) is 5.91 Å². The lowest BCUT2D eigenvalue weighted by Gasteiger charge is -2.22. The van der Waals surface area contributed by atoms with E-state index in [0.29, 0.717) is 15.9 Å². The minimum atomic E-state index is -0.170. The molecule has 0 saturated heterocycles. The molecule has 3 aromatic rings. The summed E-state index contributed by atoms with van der Waals surface area (Å²) in [6.45, 7) is 0. The van der Waals surface area contributed by atoms with E-state index in [1.807, 2.05) is 43.3 Å². The van der Waals surface area contributed by atoms with Crippen molar-refractivity contribution in [3.63, 3.8) is 0 Å². The third kappa shape index (κ3) is 4.86. The number of hydrogen-bond donors (Lipinski definition) is 1. The average Bonchev–Trinajstić information content (AvgIpc) is 3.44. The Kier molecular flexibility index (Phi) is 6.61. The van der Waals surface area contributed by atoms with Gasteiger partial charge in [-0.1, -0.05) is 35.2 Å². The van der Waals surface area contributed by atoms with Gasteiger partial charge in [-0.3, -0.25) is 4.79 Å². The van der Waals surface area contributed by atoms with Crippen molar-refractivity contribution in [3.8, 4) is 5.75 Å². The number of nitrogens with two attached hydrogens (primary N) is 1. The summed E-state index contributed by atoms with van der Waals surface area (Å²) in [5.41, 5.74) is 9.63. The quantitative estimate of drug-likeness (QED) is 0.529. The van der Waals surface area contributed by atoms with Crippen molar-refractivity contribution >= 4 is 45.5 Å². The smallest absolute Gasteiger partial charge is 0.253 e. The van der Waals surface area contributed by atoms with E-state index in [4.69, 9.17) is 15.6 Å². The van der Waals surface area contributed by atoms with Gasteiger partial charge in [0, 0.05) is 26.2 Å². The Morgan fingerprint density at radius 1 is 1.19 bits per heavy atom. The van der Waals surface area contributed by atoms with Crippen molar-refractivity contribution in [3.05, 3.63) is 59.7 Å². The zero-order valence-electron chi connectivity index (χ0n) is 18.1. The van der Waals surface area contributed by atoms with Crippen molar-refractivity contribution in [1.82, 2.24) is 15.2 Å². The van der Waals surface area contributed by atoms with Crippen molar-refractivity contribution in [2.45, 2.75) is 16.8 Å². The highest BCUT2D eigenvalue weighted by Crippen LogP contribution is 2.35. The molecule has 0 saturated carbocycles. The number of hydrogen-bond acceptors (Lipinski definition) is 9. The summed E-state index contributed by atoms with van der Waals surface area (Å²) in [5, 5.41) is 14.5. The fourth-order valence-electron chi connectivity index (χ4n) is 3.42. The Hall–Kier alpha value is -3.11. The molecule has 10 heteroatoms. The Bertz CT molecular complexity index is 1110. The number of aromatic nitrogens is 2. The number of hydrazone groups is 1. The molecule has 1 aliphatic heterocycles. The SMILES string of the molecule is COc1ccc(C2=NN(C(=O)CSc3nnc(N)s3)C(c3ccc(N(C)C)cc3)C2)cc1. The van der Waals surface area contributed by atoms with Gasteiger partial charge in [0.1, 0.15) is 5.75 Å². The van der Waals surface area contributed by atoms with Crippen molar-refractivity contribution in [2.75, 3.05) is 37.6 Å². The van der Waals surface area contributed by atoms with Gasteiger partial charge >= 0.3 is 0 Å². The number of ether oxygens (including phenoxy) is 1. The second kappa shape index (κ2) is 9.58. The number of carbonyl (C=O) groups excluding carboxylic acids is 1. The summed E-state index contributed by atoms with van der Waals surface area (Å²) in [4.78, 5) is 15.2. The molecule has 8 nitrogen and oxygen atoms in total. The summed E-state index contributed by atoms with van der Waals surface area (Å²) in [7, 11) is 5.64. The first-order valence-corrected chi connectivity index (χ1v) is 11.8. The van der Waals surface area contributed by atoms with Crippen LogP contribution in [0.3, 0.4) is 0 Å². The molecule has 2 heterocycles. The number of nitrogen functional groups attached to an aromatic ring is 1. The number of amides is 1. The number of benzene rings is 2. The van der Waals surface area contributed by atoms with E-state index >= 15 is 0 Å². The molecule has 0 fully saturated rings. The van der Waals surface area contributed by atoms with Crippen LogP contribution in [0, 0.1) is 0 Å². The normalized spacial score (nSPS) is 15.5. The number of nitrogens with zero attached hydrogens (tertiary/aromatic N) is 5. The molecule has 1 aromatic heterocycles. The Morgan fingerprint density at radius 3 is 2.50 bits per heavy atom. The van der Waals surface area contributed by atoms with Gasteiger partial charge in [0.15, 0.2) is 4.34 Å². The number of thioether (sulfide) groups is 1. The summed E-state index contributed by atoms with van der Waals surface area (Å²) >= 11 is 2.59. The van der Waals surface area contributed by atoms with Gasteiger partial charge in [-0.05, 0) is 47.5 Å². The highest BCUT2D eigenvalue weighted by molar-refractivity contribution is 8.01. The van der Waals surface area contributed by atoms with Gasteiger partial charge < -0.3 is 15.4 Å². The lowest BCUT2D eigenvalue weighted by atomic mass is 9.98. The first kappa shape index (κ1) is 22.1. The molecule has 2 N–H and O–H groups in total. The van der Waals surface area contributed by atoms with Gasteiger partial charge in [-0.25, -0.2) is 5.01 Å². The fourth-order valence-corrected chi connectivity index (χ4v) is 4.91. The van der Waals surface area contributed by atoms with E-state index < -0.39 is 0 Å². The van der Waals surface area contributed by atoms with Crippen LogP contribution < -0.4 is 15.4 Å². The van der Waals surface area contributed by atoms with Crippen LogP contribution in [-0.4, -0.2) is 53.8 Å². The van der Waals surface area contributed by atoms with Crippen LogP contribution in [0.1, 0.15) is 23.6 Å². The van der Waals surface area contributed by atoms with Crippen LogP contribution in [0.2, 0.25) is 0 Å². The van der Waals surface area contributed by atoms with Crippen molar-refractivity contribution in [2.24, 2.45) is 5.10 Å². The molecule has 32 heavy (non-hydrogen) atoms. The minimum absolute atomic E-state index is 0.0889. The van der Waals surface area contributed by atoms with Crippen molar-refractivity contribution in [1.29, 1.82) is 0 Å². The Morgan fingerprint density at radius 2 is 1.91 bits per heavy atom. The molecular weight excluding hydrogens is 444 g/mol. The second-order valence-corrected chi connectivity index (χ2v) is 9.65. The first-order chi connectivity index (χ1) is 15.4. The highest BCUT2D eigenvalue weighted by Gasteiger charge is 2.33. The largest absolute Gasteiger partial charge is 0.497 e. The van der Waals surface area contributed by atoms with Crippen LogP contribution >= 0.6 is 23.1 Å². The number of rotatable bonds is 7. The van der Waals surface area contributed by atoms with E-state index in [0.717, 1.165) is 28.3 Å². The molecule has 1 aliphatic rings. The number of methoxy groups -OCH3 is 1. The maximum Gasteiger partial charge on any atom is 0.253 e. The summed E-state index contributed by atoms with van der Waals surface area (Å²) in [5.74, 6) is 0.901. The molecule has 166 valence electrons. The molecule has 1 unspecified atom stereocenters. The molecular formula is C22H24N6O2S2. The fraction of sp³-hybridized carbons (Fsp3) is 0.273. The topological polar surface area (TPSA) is 96.9 Å². The molecule has 0 radical (unpaired) electrons. The maximum absolute atomic E-state index is 13.2. The van der Waals surface area contributed by atoms with Crippen LogP contribution in [0.15, 0.2) is 58.0 Å². The molecule has 0 aliphatic carbocycles. The maximum atomic E-state index is 13.2. The summed E-state index contributed by atoms with van der Waals surface area (Å²) < 4.78 is 5.93. The van der Waals surface area contributed by atoms with E-state index in [-0.39, 0.29) is 17.7 Å². The molecule has 1 atom stereocenters. The molecule has 2 aromatic carbocycles. The van der Waals surface area contributed by atoms with Gasteiger partial charge in [0.05, 0.1) is 24.6 Å². The zero-order valence-corrected chi connectivity index (χ0v) is 19.7. The monoisotopic (exact) mass is 468 g/mol. The van der Waals surface area contributed by atoms with Crippen LogP contribution in [0.5, 0.6) is 5.75 Å². The summed E-state index contributed by atoms with van der Waals surface area (Å²) in [6, 6.07) is 15.8.